The number of aliphatic hydroxyl groups is 2. The third-order valence-electron chi connectivity index (χ3n) is 12.0. The predicted molar refractivity (Wildman–Crippen MR) is 154 cm³/mol. The van der Waals surface area contributed by atoms with Gasteiger partial charge < -0.3 is 33.9 Å². The Morgan fingerprint density at radius 3 is 2.49 bits per heavy atom. The van der Waals surface area contributed by atoms with Crippen molar-refractivity contribution in [2.75, 3.05) is 13.2 Å². The van der Waals surface area contributed by atoms with Gasteiger partial charge in [-0.25, -0.2) is 4.79 Å². The highest BCUT2D eigenvalue weighted by Crippen LogP contribution is 2.80. The van der Waals surface area contributed by atoms with Crippen LogP contribution in [0.1, 0.15) is 65.2 Å². The predicted octanol–water partition coefficient (Wildman–Crippen LogP) is 3.46. The lowest BCUT2D eigenvalue weighted by Gasteiger charge is -2.54. The number of ketones is 1. The van der Waals surface area contributed by atoms with Crippen LogP contribution in [0.2, 0.25) is 0 Å². The van der Waals surface area contributed by atoms with Crippen LogP contribution in [-0.2, 0) is 28.5 Å². The largest absolute Gasteiger partial charge is 0.455 e. The molecule has 9 heteroatoms. The van der Waals surface area contributed by atoms with E-state index in [2.05, 4.69) is 27.7 Å². The van der Waals surface area contributed by atoms with Crippen molar-refractivity contribution in [1.82, 2.24) is 0 Å². The van der Waals surface area contributed by atoms with E-state index >= 15 is 0 Å². The molecule has 3 saturated carbocycles. The van der Waals surface area contributed by atoms with E-state index in [9.17, 15) is 19.8 Å². The molecule has 12 atom stereocenters. The Hall–Kier alpha value is -2.14. The van der Waals surface area contributed by atoms with Gasteiger partial charge in [0.15, 0.2) is 17.2 Å². The van der Waals surface area contributed by atoms with Crippen molar-refractivity contribution >= 4 is 11.8 Å². The molecule has 234 valence electrons. The number of fused-ring (bicyclic) bond motifs is 7. The van der Waals surface area contributed by atoms with E-state index < -0.39 is 81.4 Å². The number of rotatable bonds is 6. The van der Waals surface area contributed by atoms with Crippen molar-refractivity contribution < 1.29 is 43.5 Å². The van der Waals surface area contributed by atoms with Crippen LogP contribution in [0.3, 0.4) is 0 Å². The summed E-state index contributed by atoms with van der Waals surface area (Å²) in [7, 11) is 0. The average molecular weight is 597 g/mol. The van der Waals surface area contributed by atoms with Crippen LogP contribution < -0.4 is 0 Å². The maximum atomic E-state index is 13.7. The Balaban J connectivity index is 1.39. The molecule has 1 unspecified atom stereocenters. The van der Waals surface area contributed by atoms with Gasteiger partial charge in [0.2, 0.25) is 0 Å². The van der Waals surface area contributed by atoms with Crippen LogP contribution in [0.15, 0.2) is 42.5 Å². The number of carbonyl (C=O) groups is 2. The molecular weight excluding hydrogens is 552 g/mol. The average Bonchev–Trinajstić information content (AvgIpc) is 3.76. The molecule has 1 aromatic rings. The van der Waals surface area contributed by atoms with Crippen molar-refractivity contribution in [3.63, 3.8) is 0 Å². The zero-order chi connectivity index (χ0) is 31.0. The number of esters is 1. The summed E-state index contributed by atoms with van der Waals surface area (Å²) in [5, 5.41) is 25.7. The molecule has 4 aliphatic carbocycles. The van der Waals surface area contributed by atoms with Gasteiger partial charge in [-0.2, -0.15) is 0 Å². The van der Waals surface area contributed by atoms with E-state index in [1.165, 1.54) is 6.08 Å². The standard InChI is InChI=1S/C34H44O9/c1-8-18(2)16-39-34-24(29(34,4)5)23-26-31(42-26)17-40-30(6,7)43-28(31)33(38)21(14-15-22(33)35)32(23,37)19(3)25(34)41-27(36)20-12-10-9-11-13-20/h9-15,18-19,21,23-26,28,37-38H,8,16-17H2,1-7H3/t18-,19+,21-,23+,24+,25+,26-,28?,31-,32-,33+,34+/m0/s1. The zero-order valence-corrected chi connectivity index (χ0v) is 26.0. The summed E-state index contributed by atoms with van der Waals surface area (Å²) >= 11 is 0. The van der Waals surface area contributed by atoms with Crippen LogP contribution >= 0.6 is 0 Å². The lowest BCUT2D eigenvalue weighted by Crippen LogP contribution is -2.70. The number of hydrogen-bond acceptors (Lipinski definition) is 9. The molecule has 0 radical (unpaired) electrons. The normalized spacial score (nSPS) is 48.5. The van der Waals surface area contributed by atoms with Crippen molar-refractivity contribution in [1.29, 1.82) is 0 Å². The van der Waals surface area contributed by atoms with Crippen LogP contribution in [-0.4, -0.2) is 81.7 Å². The molecule has 0 aromatic heterocycles. The zero-order valence-electron chi connectivity index (χ0n) is 26.0. The smallest absolute Gasteiger partial charge is 0.338 e. The fourth-order valence-corrected chi connectivity index (χ4v) is 9.42. The molecule has 6 aliphatic rings. The first-order valence-corrected chi connectivity index (χ1v) is 15.7. The summed E-state index contributed by atoms with van der Waals surface area (Å²) in [5.74, 6) is -4.51. The Labute approximate surface area is 252 Å². The number of carbonyl (C=O) groups excluding carboxylic acids is 2. The van der Waals surface area contributed by atoms with Gasteiger partial charge in [-0.05, 0) is 38.0 Å². The minimum absolute atomic E-state index is 0.110. The summed E-state index contributed by atoms with van der Waals surface area (Å²) in [6.45, 7) is 14.3. The molecule has 0 amide bonds. The van der Waals surface area contributed by atoms with E-state index in [-0.39, 0.29) is 18.4 Å². The summed E-state index contributed by atoms with van der Waals surface area (Å²) in [6, 6.07) is 8.78. The minimum atomic E-state index is -2.10. The van der Waals surface area contributed by atoms with Crippen molar-refractivity contribution in [3.8, 4) is 0 Å². The molecule has 2 N–H and O–H groups in total. The second-order valence-electron chi connectivity index (χ2n) is 14.9. The summed E-state index contributed by atoms with van der Waals surface area (Å²) < 4.78 is 32.2. The van der Waals surface area contributed by atoms with Gasteiger partial charge >= 0.3 is 5.97 Å². The van der Waals surface area contributed by atoms with Gasteiger partial charge in [0.1, 0.15) is 23.4 Å². The molecule has 2 aliphatic heterocycles. The van der Waals surface area contributed by atoms with Crippen LogP contribution in [0.25, 0.3) is 0 Å². The van der Waals surface area contributed by atoms with Crippen LogP contribution in [0.4, 0.5) is 0 Å². The van der Waals surface area contributed by atoms with E-state index in [0.29, 0.717) is 12.2 Å². The number of benzene rings is 1. The summed E-state index contributed by atoms with van der Waals surface area (Å²) in [5.41, 5.74) is -6.00. The second-order valence-corrected chi connectivity index (χ2v) is 14.9. The lowest BCUT2D eigenvalue weighted by molar-refractivity contribution is -0.329. The maximum Gasteiger partial charge on any atom is 0.338 e. The third-order valence-corrected chi connectivity index (χ3v) is 12.0. The SMILES string of the molecule is CC[C@H](C)CO[C@@]12[C@H](OC(=O)c3ccccc3)[C@@H](C)[C@@]3(O)[C@H]([C@@H]1C2(C)C)[C@@H]1O[C@@]12COC(C)(C)OC2[C@]1(O)C(=O)C=C[C@@H]31. The van der Waals surface area contributed by atoms with Crippen molar-refractivity contribution in [2.45, 2.75) is 101 Å². The van der Waals surface area contributed by atoms with Crippen LogP contribution in [0, 0.1) is 35.0 Å². The maximum absolute atomic E-state index is 13.7. The topological polar surface area (TPSA) is 124 Å². The first-order chi connectivity index (χ1) is 20.1. The minimum Gasteiger partial charge on any atom is -0.455 e. The van der Waals surface area contributed by atoms with Crippen LogP contribution in [0.5, 0.6) is 0 Å². The molecule has 1 aromatic carbocycles. The van der Waals surface area contributed by atoms with Gasteiger partial charge in [0.25, 0.3) is 0 Å². The second kappa shape index (κ2) is 8.98. The third kappa shape index (κ3) is 3.55. The molecule has 7 rings (SSSR count). The Morgan fingerprint density at radius 1 is 1.12 bits per heavy atom. The van der Waals surface area contributed by atoms with E-state index in [1.807, 2.05) is 13.0 Å². The monoisotopic (exact) mass is 596 g/mol. The van der Waals surface area contributed by atoms with E-state index in [1.54, 1.807) is 44.2 Å². The molecule has 2 heterocycles. The first kappa shape index (κ1) is 29.6. The number of ether oxygens (including phenoxy) is 5. The van der Waals surface area contributed by atoms with Crippen molar-refractivity contribution in [3.05, 3.63) is 48.0 Å². The van der Waals surface area contributed by atoms with Gasteiger partial charge in [0.05, 0.1) is 30.5 Å². The molecule has 0 bridgehead atoms. The highest BCUT2D eigenvalue weighted by atomic mass is 16.8. The fourth-order valence-electron chi connectivity index (χ4n) is 9.42. The van der Waals surface area contributed by atoms with E-state index in [0.717, 1.165) is 6.42 Å². The molecular formula is C34H44O9. The molecule has 43 heavy (non-hydrogen) atoms. The quantitative estimate of drug-likeness (QED) is 0.375. The fraction of sp³-hybridized carbons (Fsp3) is 0.706. The van der Waals surface area contributed by atoms with Gasteiger partial charge in [-0.3, -0.25) is 4.79 Å². The highest BCUT2D eigenvalue weighted by Gasteiger charge is 2.93. The Kier molecular flexibility index (Phi) is 6.18. The summed E-state index contributed by atoms with van der Waals surface area (Å²) in [4.78, 5) is 27.3. The number of epoxide rings is 1. The Morgan fingerprint density at radius 2 is 1.81 bits per heavy atom. The molecule has 1 spiro atoms. The molecule has 5 fully saturated rings. The van der Waals surface area contributed by atoms with Gasteiger partial charge in [-0.15, -0.1) is 0 Å². The van der Waals surface area contributed by atoms with Crippen molar-refractivity contribution in [2.24, 2.45) is 35.0 Å². The first-order valence-electron chi connectivity index (χ1n) is 15.7. The van der Waals surface area contributed by atoms with E-state index in [4.69, 9.17) is 23.7 Å². The Bertz CT molecular complexity index is 1370. The lowest BCUT2D eigenvalue weighted by atomic mass is 9.58. The number of hydrogen-bond donors (Lipinski definition) is 2. The van der Waals surface area contributed by atoms with Gasteiger partial charge in [-0.1, -0.05) is 65.3 Å². The molecule has 9 nitrogen and oxygen atoms in total. The highest BCUT2D eigenvalue weighted by molar-refractivity contribution is 6.01. The van der Waals surface area contributed by atoms with Gasteiger partial charge in [0, 0.05) is 29.1 Å². The summed E-state index contributed by atoms with van der Waals surface area (Å²) in [6.07, 6.45) is 1.38. The molecule has 2 saturated heterocycles.